The molecule has 0 atom stereocenters. The predicted molar refractivity (Wildman–Crippen MR) is 100 cm³/mol. The third-order valence-corrected chi connectivity index (χ3v) is 3.93. The predicted octanol–water partition coefficient (Wildman–Crippen LogP) is 3.10. The van der Waals surface area contributed by atoms with E-state index in [1.54, 1.807) is 18.2 Å². The molecule has 2 N–H and O–H groups in total. The molecule has 0 aliphatic carbocycles. The van der Waals surface area contributed by atoms with Crippen LogP contribution in [0.2, 0.25) is 10.0 Å². The molecule has 136 valence electrons. The second kappa shape index (κ2) is 9.07. The van der Waals surface area contributed by atoms with Crippen LogP contribution in [0, 0.1) is 0 Å². The van der Waals surface area contributed by atoms with E-state index in [0.29, 0.717) is 27.8 Å². The Morgan fingerprint density at radius 1 is 1.00 bits per heavy atom. The van der Waals surface area contributed by atoms with Crippen LogP contribution in [0.4, 0.5) is 5.69 Å². The fourth-order valence-electron chi connectivity index (χ4n) is 1.90. The van der Waals surface area contributed by atoms with Gasteiger partial charge in [-0.1, -0.05) is 23.2 Å². The van der Waals surface area contributed by atoms with Crippen LogP contribution in [-0.2, 0) is 9.59 Å². The number of methoxy groups -OCH3 is 2. The minimum absolute atomic E-state index is 0.259. The average molecular weight is 396 g/mol. The second-order valence-electron chi connectivity index (χ2n) is 4.89. The van der Waals surface area contributed by atoms with E-state index in [0.717, 1.165) is 0 Å². The third-order valence-electron chi connectivity index (χ3n) is 3.19. The summed E-state index contributed by atoms with van der Waals surface area (Å²) in [5, 5.41) is 6.73. The smallest absolute Gasteiger partial charge is 0.329 e. The fraction of sp³-hybridized carbons (Fsp3) is 0.118. The molecule has 0 saturated carbocycles. The van der Waals surface area contributed by atoms with Crippen LogP contribution in [0.3, 0.4) is 0 Å². The highest BCUT2D eigenvalue weighted by Crippen LogP contribution is 2.25. The molecular weight excluding hydrogens is 381 g/mol. The number of halogens is 2. The van der Waals surface area contributed by atoms with E-state index in [2.05, 4.69) is 15.8 Å². The quantitative estimate of drug-likeness (QED) is 0.462. The van der Waals surface area contributed by atoms with Crippen LogP contribution in [0.5, 0.6) is 11.5 Å². The summed E-state index contributed by atoms with van der Waals surface area (Å²) in [6, 6.07) is 9.53. The molecule has 2 rings (SSSR count). The van der Waals surface area contributed by atoms with Crippen molar-refractivity contribution in [3.63, 3.8) is 0 Å². The molecule has 0 unspecified atom stereocenters. The van der Waals surface area contributed by atoms with Gasteiger partial charge in [0.15, 0.2) is 0 Å². The molecule has 26 heavy (non-hydrogen) atoms. The van der Waals surface area contributed by atoms with Gasteiger partial charge in [-0.15, -0.1) is 0 Å². The summed E-state index contributed by atoms with van der Waals surface area (Å²) in [6.45, 7) is 0. The van der Waals surface area contributed by atoms with Crippen molar-refractivity contribution in [3.05, 3.63) is 52.0 Å². The number of amides is 2. The number of carbonyl (C=O) groups is 2. The lowest BCUT2D eigenvalue weighted by Gasteiger charge is -2.07. The Kier molecular flexibility index (Phi) is 6.82. The van der Waals surface area contributed by atoms with Crippen molar-refractivity contribution in [1.82, 2.24) is 5.43 Å². The molecule has 9 heteroatoms. The largest absolute Gasteiger partial charge is 0.497 e. The molecule has 0 aromatic heterocycles. The number of anilines is 1. The van der Waals surface area contributed by atoms with Gasteiger partial charge in [-0.25, -0.2) is 5.43 Å². The zero-order valence-electron chi connectivity index (χ0n) is 13.9. The van der Waals surface area contributed by atoms with E-state index in [1.165, 1.54) is 38.6 Å². The Bertz CT molecular complexity index is 856. The van der Waals surface area contributed by atoms with Crippen molar-refractivity contribution in [2.24, 2.45) is 5.10 Å². The monoisotopic (exact) mass is 395 g/mol. The summed E-state index contributed by atoms with van der Waals surface area (Å²) in [4.78, 5) is 23.6. The number of ether oxygens (including phenoxy) is 2. The van der Waals surface area contributed by atoms with Gasteiger partial charge >= 0.3 is 11.8 Å². The SMILES string of the molecule is COc1ccc(/C=N\NC(=O)C(=O)Nc2ccc(Cl)c(Cl)c2)c(OC)c1. The molecule has 0 bridgehead atoms. The van der Waals surface area contributed by atoms with Crippen LogP contribution in [0.1, 0.15) is 5.56 Å². The molecule has 0 aliphatic rings. The number of rotatable bonds is 5. The Labute approximate surface area is 159 Å². The summed E-state index contributed by atoms with van der Waals surface area (Å²) in [5.74, 6) is -0.728. The van der Waals surface area contributed by atoms with Crippen LogP contribution in [0.25, 0.3) is 0 Å². The van der Waals surface area contributed by atoms with E-state index in [9.17, 15) is 9.59 Å². The minimum Gasteiger partial charge on any atom is -0.497 e. The molecular formula is C17H15Cl2N3O4. The molecule has 2 aromatic carbocycles. The number of benzene rings is 2. The van der Waals surface area contributed by atoms with Crippen molar-refractivity contribution >= 4 is 46.9 Å². The first kappa shape index (κ1) is 19.6. The maximum atomic E-state index is 11.8. The Hall–Kier alpha value is -2.77. The number of hydrogen-bond acceptors (Lipinski definition) is 5. The fourth-order valence-corrected chi connectivity index (χ4v) is 2.20. The summed E-state index contributed by atoms with van der Waals surface area (Å²) in [7, 11) is 3.03. The first-order chi connectivity index (χ1) is 12.4. The third kappa shape index (κ3) is 5.11. The lowest BCUT2D eigenvalue weighted by atomic mass is 10.2. The highest BCUT2D eigenvalue weighted by Gasteiger charge is 2.13. The first-order valence-corrected chi connectivity index (χ1v) is 8.01. The van der Waals surface area contributed by atoms with Gasteiger partial charge in [-0.2, -0.15) is 5.10 Å². The lowest BCUT2D eigenvalue weighted by Crippen LogP contribution is -2.32. The second-order valence-corrected chi connectivity index (χ2v) is 5.70. The lowest BCUT2D eigenvalue weighted by molar-refractivity contribution is -0.136. The molecule has 0 radical (unpaired) electrons. The number of carbonyl (C=O) groups excluding carboxylic acids is 2. The zero-order chi connectivity index (χ0) is 19.1. The van der Waals surface area contributed by atoms with Crippen molar-refractivity contribution < 1.29 is 19.1 Å². The van der Waals surface area contributed by atoms with Crippen LogP contribution in [0.15, 0.2) is 41.5 Å². The first-order valence-electron chi connectivity index (χ1n) is 7.26. The standard InChI is InChI=1S/C17H15Cl2N3O4/c1-25-12-5-3-10(15(8-12)26-2)9-20-22-17(24)16(23)21-11-4-6-13(18)14(19)7-11/h3-9H,1-2H3,(H,21,23)(H,22,24)/b20-9-. The van der Waals surface area contributed by atoms with E-state index < -0.39 is 11.8 Å². The molecule has 2 amide bonds. The Balaban J connectivity index is 1.98. The molecule has 0 aliphatic heterocycles. The number of hydrazone groups is 1. The van der Waals surface area contributed by atoms with E-state index in [-0.39, 0.29) is 5.02 Å². The molecule has 7 nitrogen and oxygen atoms in total. The minimum atomic E-state index is -0.945. The van der Waals surface area contributed by atoms with Gasteiger partial charge < -0.3 is 14.8 Å². The summed E-state index contributed by atoms with van der Waals surface area (Å²) < 4.78 is 10.3. The van der Waals surface area contributed by atoms with Crippen molar-refractivity contribution in [1.29, 1.82) is 0 Å². The summed E-state index contributed by atoms with van der Waals surface area (Å²) in [6.07, 6.45) is 1.35. The number of hydrogen-bond donors (Lipinski definition) is 2. The molecule has 0 saturated heterocycles. The highest BCUT2D eigenvalue weighted by molar-refractivity contribution is 6.42. The normalized spacial score (nSPS) is 10.5. The van der Waals surface area contributed by atoms with Crippen LogP contribution < -0.4 is 20.2 Å². The van der Waals surface area contributed by atoms with Crippen molar-refractivity contribution in [3.8, 4) is 11.5 Å². The molecule has 2 aromatic rings. The van der Waals surface area contributed by atoms with Gasteiger partial charge in [0, 0.05) is 17.3 Å². The number of nitrogens with one attached hydrogen (secondary N) is 2. The molecule has 0 spiro atoms. The van der Waals surface area contributed by atoms with Gasteiger partial charge in [0.25, 0.3) is 0 Å². The highest BCUT2D eigenvalue weighted by atomic mass is 35.5. The maximum Gasteiger partial charge on any atom is 0.329 e. The van der Waals surface area contributed by atoms with E-state index in [4.69, 9.17) is 32.7 Å². The van der Waals surface area contributed by atoms with Gasteiger partial charge in [0.2, 0.25) is 0 Å². The Morgan fingerprint density at radius 3 is 2.42 bits per heavy atom. The van der Waals surface area contributed by atoms with E-state index in [1.807, 2.05) is 0 Å². The maximum absolute atomic E-state index is 11.8. The van der Waals surface area contributed by atoms with Gasteiger partial charge in [0.05, 0.1) is 30.5 Å². The number of nitrogens with zero attached hydrogens (tertiary/aromatic N) is 1. The van der Waals surface area contributed by atoms with Crippen LogP contribution >= 0.6 is 23.2 Å². The average Bonchev–Trinajstić information content (AvgIpc) is 2.64. The molecule has 0 fully saturated rings. The molecule has 0 heterocycles. The summed E-state index contributed by atoms with van der Waals surface area (Å²) >= 11 is 11.6. The summed E-state index contributed by atoms with van der Waals surface area (Å²) in [5.41, 5.74) is 3.06. The van der Waals surface area contributed by atoms with E-state index >= 15 is 0 Å². The topological polar surface area (TPSA) is 89.0 Å². The van der Waals surface area contributed by atoms with Gasteiger partial charge in [-0.3, -0.25) is 9.59 Å². The Morgan fingerprint density at radius 2 is 1.77 bits per heavy atom. The van der Waals surface area contributed by atoms with Gasteiger partial charge in [0.1, 0.15) is 11.5 Å². The van der Waals surface area contributed by atoms with Gasteiger partial charge in [-0.05, 0) is 30.3 Å². The zero-order valence-corrected chi connectivity index (χ0v) is 15.4. The van der Waals surface area contributed by atoms with Crippen molar-refractivity contribution in [2.45, 2.75) is 0 Å². The van der Waals surface area contributed by atoms with Crippen molar-refractivity contribution in [2.75, 3.05) is 19.5 Å². The van der Waals surface area contributed by atoms with Crippen LogP contribution in [-0.4, -0.2) is 32.2 Å².